The number of hydrogen-bond acceptors (Lipinski definition) is 4. The van der Waals surface area contributed by atoms with Crippen LogP contribution in [0.1, 0.15) is 20.0 Å². The Labute approximate surface area is 180 Å². The zero-order valence-corrected chi connectivity index (χ0v) is 18.2. The first kappa shape index (κ1) is 20.7. The maximum atomic E-state index is 12.9. The Morgan fingerprint density at radius 1 is 1.11 bits per heavy atom. The van der Waals surface area contributed by atoms with E-state index >= 15 is 0 Å². The van der Waals surface area contributed by atoms with Crippen LogP contribution >= 0.6 is 46.1 Å². The van der Waals surface area contributed by atoms with Gasteiger partial charge >= 0.3 is 0 Å². The van der Waals surface area contributed by atoms with Crippen molar-refractivity contribution < 1.29 is 14.3 Å². The van der Waals surface area contributed by atoms with Crippen LogP contribution in [-0.4, -0.2) is 37.9 Å². The average molecular weight is 458 g/mol. The first-order valence-electron chi connectivity index (χ1n) is 8.01. The molecule has 3 rings (SSSR count). The summed E-state index contributed by atoms with van der Waals surface area (Å²) in [5.41, 5.74) is 0.774. The SMILES string of the molecule is COc1ccc(C(=O)N(C)C)cc1NC(=O)c1sc2cc(Cl)cc(Cl)c2c1Cl. The lowest BCUT2D eigenvalue weighted by Crippen LogP contribution is -2.22. The van der Waals surface area contributed by atoms with Crippen LogP contribution in [0.2, 0.25) is 15.1 Å². The number of hydrogen-bond donors (Lipinski definition) is 1. The molecule has 2 aromatic carbocycles. The normalized spacial score (nSPS) is 10.8. The first-order valence-corrected chi connectivity index (χ1v) is 9.96. The van der Waals surface area contributed by atoms with Crippen LogP contribution in [0.4, 0.5) is 5.69 Å². The van der Waals surface area contributed by atoms with Gasteiger partial charge in [-0.05, 0) is 30.3 Å². The van der Waals surface area contributed by atoms with Crippen LogP contribution in [0.5, 0.6) is 5.75 Å². The van der Waals surface area contributed by atoms with E-state index in [0.29, 0.717) is 37.1 Å². The molecular weight excluding hydrogens is 443 g/mol. The molecule has 1 N–H and O–H groups in total. The first-order chi connectivity index (χ1) is 13.2. The van der Waals surface area contributed by atoms with Gasteiger partial charge < -0.3 is 15.0 Å². The van der Waals surface area contributed by atoms with Crippen LogP contribution in [0, 0.1) is 0 Å². The monoisotopic (exact) mass is 456 g/mol. The van der Waals surface area contributed by atoms with E-state index in [1.807, 2.05) is 0 Å². The van der Waals surface area contributed by atoms with Crippen molar-refractivity contribution in [2.45, 2.75) is 0 Å². The fourth-order valence-corrected chi connectivity index (χ4v) is 4.91. The number of benzene rings is 2. The van der Waals surface area contributed by atoms with Gasteiger partial charge in [-0.15, -0.1) is 11.3 Å². The summed E-state index contributed by atoms with van der Waals surface area (Å²) < 4.78 is 6.00. The van der Waals surface area contributed by atoms with Crippen LogP contribution in [0.3, 0.4) is 0 Å². The van der Waals surface area contributed by atoms with E-state index in [4.69, 9.17) is 39.5 Å². The van der Waals surface area contributed by atoms with E-state index in [0.717, 1.165) is 0 Å². The fourth-order valence-electron chi connectivity index (χ4n) is 2.63. The van der Waals surface area contributed by atoms with Crippen LogP contribution in [0.15, 0.2) is 30.3 Å². The number of rotatable bonds is 4. The number of thiophene rings is 1. The number of halogens is 3. The van der Waals surface area contributed by atoms with Gasteiger partial charge in [-0.25, -0.2) is 0 Å². The molecule has 5 nitrogen and oxygen atoms in total. The third-order valence-corrected chi connectivity index (χ3v) is 6.10. The van der Waals surface area contributed by atoms with E-state index in [1.54, 1.807) is 44.4 Å². The minimum atomic E-state index is -0.439. The van der Waals surface area contributed by atoms with Crippen LogP contribution in [0.25, 0.3) is 10.1 Å². The Bertz CT molecular complexity index is 1100. The number of nitrogens with one attached hydrogen (secondary N) is 1. The summed E-state index contributed by atoms with van der Waals surface area (Å²) in [6.07, 6.45) is 0. The molecule has 0 saturated carbocycles. The van der Waals surface area contributed by atoms with E-state index in [9.17, 15) is 9.59 Å². The zero-order chi connectivity index (χ0) is 20.6. The number of carbonyl (C=O) groups is 2. The summed E-state index contributed by atoms with van der Waals surface area (Å²) >= 11 is 19.8. The second kappa shape index (κ2) is 8.17. The van der Waals surface area contributed by atoms with Gasteiger partial charge in [0.2, 0.25) is 0 Å². The number of nitrogens with zero attached hydrogens (tertiary/aromatic N) is 1. The van der Waals surface area contributed by atoms with Crippen molar-refractivity contribution in [2.75, 3.05) is 26.5 Å². The summed E-state index contributed by atoms with van der Waals surface area (Å²) in [6.45, 7) is 0. The largest absolute Gasteiger partial charge is 0.495 e. The summed E-state index contributed by atoms with van der Waals surface area (Å²) in [4.78, 5) is 26.8. The lowest BCUT2D eigenvalue weighted by molar-refractivity contribution is 0.0827. The number of fused-ring (bicyclic) bond motifs is 1. The number of methoxy groups -OCH3 is 1. The van der Waals surface area contributed by atoms with E-state index < -0.39 is 5.91 Å². The topological polar surface area (TPSA) is 58.6 Å². The van der Waals surface area contributed by atoms with Crippen molar-refractivity contribution in [1.29, 1.82) is 0 Å². The molecular formula is C19H15Cl3N2O3S. The molecule has 1 aromatic heterocycles. The predicted octanol–water partition coefficient (Wildman–Crippen LogP) is 5.82. The standard InChI is InChI=1S/C19H15Cl3N2O3S/c1-24(2)19(26)9-4-5-13(27-3)12(6-9)23-18(25)17-16(22)15-11(21)7-10(20)8-14(15)28-17/h4-8H,1-3H3,(H,23,25). The second-order valence-electron chi connectivity index (χ2n) is 6.07. The van der Waals surface area contributed by atoms with Gasteiger partial charge in [0.25, 0.3) is 11.8 Å². The van der Waals surface area contributed by atoms with Gasteiger partial charge in [0.15, 0.2) is 0 Å². The predicted molar refractivity (Wildman–Crippen MR) is 116 cm³/mol. The molecule has 9 heteroatoms. The third kappa shape index (κ3) is 3.91. The van der Waals surface area contributed by atoms with E-state index in [2.05, 4.69) is 5.32 Å². The van der Waals surface area contributed by atoms with Crippen LogP contribution in [-0.2, 0) is 0 Å². The van der Waals surface area contributed by atoms with Gasteiger partial charge in [-0.2, -0.15) is 0 Å². The number of anilines is 1. The maximum Gasteiger partial charge on any atom is 0.267 e. The van der Waals surface area contributed by atoms with Crippen molar-refractivity contribution in [3.63, 3.8) is 0 Å². The van der Waals surface area contributed by atoms with Gasteiger partial charge in [-0.3, -0.25) is 9.59 Å². The molecule has 0 fully saturated rings. The quantitative estimate of drug-likeness (QED) is 0.536. The highest BCUT2D eigenvalue weighted by molar-refractivity contribution is 7.21. The minimum absolute atomic E-state index is 0.195. The van der Waals surface area contributed by atoms with Crippen molar-refractivity contribution >= 4 is 73.7 Å². The highest BCUT2D eigenvalue weighted by Crippen LogP contribution is 2.41. The Morgan fingerprint density at radius 3 is 2.46 bits per heavy atom. The second-order valence-corrected chi connectivity index (χ2v) is 8.35. The Balaban J connectivity index is 2.00. The number of amides is 2. The Kier molecular flexibility index (Phi) is 6.05. The van der Waals surface area contributed by atoms with Gasteiger partial charge in [0, 0.05) is 34.8 Å². The average Bonchev–Trinajstić information content (AvgIpc) is 2.97. The molecule has 1 heterocycles. The van der Waals surface area contributed by atoms with E-state index in [-0.39, 0.29) is 15.8 Å². The van der Waals surface area contributed by atoms with Crippen molar-refractivity contribution in [3.8, 4) is 5.75 Å². The molecule has 146 valence electrons. The Morgan fingerprint density at radius 2 is 1.82 bits per heavy atom. The van der Waals surface area contributed by atoms with Gasteiger partial charge in [-0.1, -0.05) is 34.8 Å². The lowest BCUT2D eigenvalue weighted by atomic mass is 10.1. The van der Waals surface area contributed by atoms with Crippen molar-refractivity contribution in [2.24, 2.45) is 0 Å². The molecule has 3 aromatic rings. The van der Waals surface area contributed by atoms with Crippen LogP contribution < -0.4 is 10.1 Å². The van der Waals surface area contributed by atoms with Gasteiger partial charge in [0.1, 0.15) is 10.6 Å². The molecule has 0 aliphatic heterocycles. The zero-order valence-electron chi connectivity index (χ0n) is 15.1. The van der Waals surface area contributed by atoms with E-state index in [1.165, 1.54) is 23.3 Å². The highest BCUT2D eigenvalue weighted by atomic mass is 35.5. The molecule has 0 unspecified atom stereocenters. The fraction of sp³-hybridized carbons (Fsp3) is 0.158. The Hall–Kier alpha value is -1.99. The molecule has 28 heavy (non-hydrogen) atoms. The van der Waals surface area contributed by atoms with Crippen molar-refractivity contribution in [1.82, 2.24) is 4.90 Å². The molecule has 0 radical (unpaired) electrons. The summed E-state index contributed by atoms with van der Waals surface area (Å²) in [7, 11) is 4.78. The third-order valence-electron chi connectivity index (χ3n) is 3.96. The highest BCUT2D eigenvalue weighted by Gasteiger charge is 2.21. The number of carbonyl (C=O) groups excluding carboxylic acids is 2. The molecule has 0 aliphatic rings. The molecule has 2 amide bonds. The molecule has 0 bridgehead atoms. The molecule has 0 aliphatic carbocycles. The lowest BCUT2D eigenvalue weighted by Gasteiger charge is -2.14. The summed E-state index contributed by atoms with van der Waals surface area (Å²) in [5, 5.41) is 4.42. The smallest absolute Gasteiger partial charge is 0.267 e. The maximum absolute atomic E-state index is 12.9. The van der Waals surface area contributed by atoms with Crippen molar-refractivity contribution in [3.05, 3.63) is 55.8 Å². The molecule has 0 saturated heterocycles. The number of ether oxygens (including phenoxy) is 1. The summed E-state index contributed by atoms with van der Waals surface area (Å²) in [6, 6.07) is 8.09. The summed E-state index contributed by atoms with van der Waals surface area (Å²) in [5.74, 6) is -0.215. The van der Waals surface area contributed by atoms with Gasteiger partial charge in [0.05, 0.1) is 22.8 Å². The molecule has 0 atom stereocenters. The molecule has 0 spiro atoms. The minimum Gasteiger partial charge on any atom is -0.495 e.